The molecule has 0 bridgehead atoms. The monoisotopic (exact) mass is 433 g/mol. The van der Waals surface area contributed by atoms with E-state index >= 15 is 0 Å². The molecule has 4 rings (SSSR count). The van der Waals surface area contributed by atoms with Crippen molar-refractivity contribution in [3.05, 3.63) is 65.0 Å². The van der Waals surface area contributed by atoms with E-state index in [1.807, 2.05) is 11.9 Å². The summed E-state index contributed by atoms with van der Waals surface area (Å²) in [5.74, 6) is -0.656. The molecule has 0 radical (unpaired) electrons. The van der Waals surface area contributed by atoms with Crippen LogP contribution in [-0.4, -0.2) is 40.7 Å². The molecule has 2 aromatic carbocycles. The Bertz CT molecular complexity index is 1060. The fourth-order valence-electron chi connectivity index (χ4n) is 3.41. The van der Waals surface area contributed by atoms with Crippen LogP contribution in [0.2, 0.25) is 5.02 Å². The van der Waals surface area contributed by atoms with Crippen LogP contribution in [0.1, 0.15) is 18.4 Å². The lowest BCUT2D eigenvalue weighted by molar-refractivity contribution is 0.243. The van der Waals surface area contributed by atoms with Crippen molar-refractivity contribution < 1.29 is 18.1 Å². The predicted molar refractivity (Wildman–Crippen MR) is 107 cm³/mol. The molecule has 156 valence electrons. The number of benzene rings is 2. The molecule has 1 fully saturated rings. The fourth-order valence-corrected chi connectivity index (χ4v) is 3.54. The van der Waals surface area contributed by atoms with Crippen molar-refractivity contribution in [2.75, 3.05) is 18.9 Å². The quantitative estimate of drug-likeness (QED) is 0.643. The van der Waals surface area contributed by atoms with Crippen molar-refractivity contribution in [2.24, 2.45) is 0 Å². The average molecular weight is 434 g/mol. The predicted octanol–water partition coefficient (Wildman–Crippen LogP) is 4.24. The maximum atomic E-state index is 13.7. The van der Waals surface area contributed by atoms with Crippen LogP contribution in [0.25, 0.3) is 11.4 Å². The molecule has 7 nitrogen and oxygen atoms in total. The van der Waals surface area contributed by atoms with Crippen molar-refractivity contribution in [3.63, 3.8) is 0 Å². The summed E-state index contributed by atoms with van der Waals surface area (Å²) in [5, 5.41) is 9.82. The largest absolute Gasteiger partial charge is 0.337 e. The number of halogens is 3. The van der Waals surface area contributed by atoms with Crippen molar-refractivity contribution in [3.8, 4) is 11.4 Å². The average Bonchev–Trinajstić information content (AvgIpc) is 3.31. The van der Waals surface area contributed by atoms with Crippen LogP contribution in [0.4, 0.5) is 19.3 Å². The Hall–Kier alpha value is -3.04. The van der Waals surface area contributed by atoms with Crippen LogP contribution in [0.15, 0.2) is 47.0 Å². The number of carbonyl (C=O) groups is 1. The third kappa shape index (κ3) is 4.42. The van der Waals surface area contributed by atoms with E-state index in [9.17, 15) is 13.6 Å². The molecule has 1 aliphatic heterocycles. The zero-order valence-electron chi connectivity index (χ0n) is 15.9. The molecule has 3 aromatic rings. The summed E-state index contributed by atoms with van der Waals surface area (Å²) >= 11 is 5.90. The second-order valence-electron chi connectivity index (χ2n) is 7.07. The molecule has 2 heterocycles. The van der Waals surface area contributed by atoms with Crippen molar-refractivity contribution in [1.82, 2.24) is 20.4 Å². The lowest BCUT2D eigenvalue weighted by Gasteiger charge is -2.14. The third-order valence-electron chi connectivity index (χ3n) is 4.89. The standard InChI is InChI=1S/C20H18ClF2N5O2/c1-28-10-14(24-20(29)25-16-7-6-13(22)8-15(16)23)9-17(28)19-26-18(27-30-19)11-2-4-12(21)5-3-11/h2-8,14,17H,9-10H2,1H3,(H2,24,25,29). The molecule has 1 saturated heterocycles. The number of aromatic nitrogens is 2. The molecule has 0 spiro atoms. The van der Waals surface area contributed by atoms with Gasteiger partial charge in [0.25, 0.3) is 0 Å². The molecule has 2 unspecified atom stereocenters. The van der Waals surface area contributed by atoms with Crippen LogP contribution in [0.3, 0.4) is 0 Å². The summed E-state index contributed by atoms with van der Waals surface area (Å²) in [4.78, 5) is 18.7. The number of likely N-dealkylation sites (tertiary alicyclic amines) is 1. The van der Waals surface area contributed by atoms with Gasteiger partial charge in [-0.15, -0.1) is 0 Å². The van der Waals surface area contributed by atoms with E-state index in [0.717, 1.165) is 11.6 Å². The summed E-state index contributed by atoms with van der Waals surface area (Å²) in [6.07, 6.45) is 0.540. The van der Waals surface area contributed by atoms with Crippen LogP contribution in [0, 0.1) is 11.6 Å². The summed E-state index contributed by atoms with van der Waals surface area (Å²) in [6, 6.07) is 9.10. The van der Waals surface area contributed by atoms with Gasteiger partial charge >= 0.3 is 6.03 Å². The highest BCUT2D eigenvalue weighted by molar-refractivity contribution is 6.30. The van der Waals surface area contributed by atoms with Gasteiger partial charge in [-0.05, 0) is 49.9 Å². The van der Waals surface area contributed by atoms with Gasteiger partial charge in [0.15, 0.2) is 0 Å². The van der Waals surface area contributed by atoms with Gasteiger partial charge in [0.1, 0.15) is 11.6 Å². The van der Waals surface area contributed by atoms with Gasteiger partial charge in [-0.3, -0.25) is 4.90 Å². The summed E-state index contributed by atoms with van der Waals surface area (Å²) in [5.41, 5.74) is 0.687. The van der Waals surface area contributed by atoms with E-state index in [0.29, 0.717) is 35.8 Å². The Labute approximate surface area is 176 Å². The van der Waals surface area contributed by atoms with E-state index in [-0.39, 0.29) is 17.8 Å². The second kappa shape index (κ2) is 8.37. The molecule has 2 amide bonds. The molecular weight excluding hydrogens is 416 g/mol. The Balaban J connectivity index is 1.39. The highest BCUT2D eigenvalue weighted by Gasteiger charge is 2.35. The normalized spacial score (nSPS) is 19.1. The first-order chi connectivity index (χ1) is 14.4. The van der Waals surface area contributed by atoms with Gasteiger partial charge in [-0.25, -0.2) is 13.6 Å². The number of hydrogen-bond donors (Lipinski definition) is 2. The van der Waals surface area contributed by atoms with Gasteiger partial charge < -0.3 is 15.2 Å². The molecule has 0 saturated carbocycles. The minimum Gasteiger partial charge on any atom is -0.337 e. The van der Waals surface area contributed by atoms with E-state index < -0.39 is 17.7 Å². The van der Waals surface area contributed by atoms with Crippen molar-refractivity contribution >= 4 is 23.3 Å². The second-order valence-corrected chi connectivity index (χ2v) is 7.51. The maximum Gasteiger partial charge on any atom is 0.319 e. The molecular formula is C20H18ClF2N5O2. The smallest absolute Gasteiger partial charge is 0.319 e. The number of nitrogens with one attached hydrogen (secondary N) is 2. The van der Waals surface area contributed by atoms with E-state index in [4.69, 9.17) is 16.1 Å². The first kappa shape index (κ1) is 20.2. The Morgan fingerprint density at radius 3 is 2.73 bits per heavy atom. The molecule has 1 aromatic heterocycles. The topological polar surface area (TPSA) is 83.3 Å². The number of anilines is 1. The van der Waals surface area contributed by atoms with Gasteiger partial charge in [-0.1, -0.05) is 16.8 Å². The van der Waals surface area contributed by atoms with Gasteiger partial charge in [0.05, 0.1) is 11.7 Å². The lowest BCUT2D eigenvalue weighted by Crippen LogP contribution is -2.39. The molecule has 0 aliphatic carbocycles. The highest BCUT2D eigenvalue weighted by atomic mass is 35.5. The van der Waals surface area contributed by atoms with Gasteiger partial charge in [-0.2, -0.15) is 4.98 Å². The zero-order chi connectivity index (χ0) is 21.3. The number of rotatable bonds is 4. The van der Waals surface area contributed by atoms with Crippen LogP contribution < -0.4 is 10.6 Å². The number of carbonyl (C=O) groups excluding carboxylic acids is 1. The summed E-state index contributed by atoms with van der Waals surface area (Å²) < 4.78 is 32.1. The van der Waals surface area contributed by atoms with Crippen LogP contribution >= 0.6 is 11.6 Å². The zero-order valence-corrected chi connectivity index (χ0v) is 16.7. The van der Waals surface area contributed by atoms with Gasteiger partial charge in [0.2, 0.25) is 11.7 Å². The van der Waals surface area contributed by atoms with Gasteiger partial charge in [0, 0.05) is 29.2 Å². The minimum absolute atomic E-state index is 0.0960. The van der Waals surface area contributed by atoms with Crippen LogP contribution in [0.5, 0.6) is 0 Å². The summed E-state index contributed by atoms with van der Waals surface area (Å²) in [7, 11) is 1.88. The van der Waals surface area contributed by atoms with Crippen molar-refractivity contribution in [1.29, 1.82) is 0 Å². The number of likely N-dealkylation sites (N-methyl/N-ethyl adjacent to an activating group) is 1. The fraction of sp³-hybridized carbons (Fsp3) is 0.250. The van der Waals surface area contributed by atoms with Crippen LogP contribution in [-0.2, 0) is 0 Å². The number of urea groups is 1. The Morgan fingerprint density at radius 1 is 1.23 bits per heavy atom. The van der Waals surface area contributed by atoms with E-state index in [1.54, 1.807) is 24.3 Å². The number of hydrogen-bond acceptors (Lipinski definition) is 5. The lowest BCUT2D eigenvalue weighted by atomic mass is 10.1. The molecule has 2 atom stereocenters. The Kier molecular flexibility index (Phi) is 5.65. The third-order valence-corrected chi connectivity index (χ3v) is 5.14. The number of amides is 2. The molecule has 30 heavy (non-hydrogen) atoms. The van der Waals surface area contributed by atoms with E-state index in [2.05, 4.69) is 20.8 Å². The SMILES string of the molecule is CN1CC(NC(=O)Nc2ccc(F)cc2F)CC1c1nc(-c2ccc(Cl)cc2)no1. The molecule has 1 aliphatic rings. The minimum atomic E-state index is -0.841. The summed E-state index contributed by atoms with van der Waals surface area (Å²) in [6.45, 7) is 0.544. The molecule has 10 heteroatoms. The first-order valence-electron chi connectivity index (χ1n) is 9.21. The first-order valence-corrected chi connectivity index (χ1v) is 9.59. The number of nitrogens with zero attached hydrogens (tertiary/aromatic N) is 3. The molecule has 2 N–H and O–H groups in total. The van der Waals surface area contributed by atoms with Crippen molar-refractivity contribution in [2.45, 2.75) is 18.5 Å². The van der Waals surface area contributed by atoms with E-state index in [1.165, 1.54) is 6.07 Å². The Morgan fingerprint density at radius 2 is 2.00 bits per heavy atom. The maximum absolute atomic E-state index is 13.7. The highest BCUT2D eigenvalue weighted by Crippen LogP contribution is 2.31.